The second-order valence-corrected chi connectivity index (χ2v) is 7.52. The number of ketones is 1. The fraction of sp³-hybridized carbons (Fsp3) is 0.0800. The maximum Gasteiger partial charge on any atom is 0.255 e. The van der Waals surface area contributed by atoms with E-state index in [0.717, 1.165) is 0 Å². The third-order valence-corrected chi connectivity index (χ3v) is 5.40. The minimum atomic E-state index is -0.396. The number of aryl methyl sites for hydroxylation is 1. The molecule has 0 atom stereocenters. The standard InChI is InChI=1S/C25H19N5O4/c1-30-24(27-28-29-30)16-6-5-7-17(14-16)25(32)26-21-19-8-3-4-9-20(19)34-23(21)22(31)15-10-12-18(33-2)13-11-15/h3-14H,1-2H3,(H,26,32). The Labute approximate surface area is 194 Å². The van der Waals surface area contributed by atoms with E-state index < -0.39 is 5.91 Å². The molecule has 34 heavy (non-hydrogen) atoms. The molecule has 0 aliphatic heterocycles. The number of carbonyl (C=O) groups excluding carboxylic acids is 2. The van der Waals surface area contributed by atoms with E-state index in [1.807, 2.05) is 12.1 Å². The van der Waals surface area contributed by atoms with Gasteiger partial charge in [0.15, 0.2) is 11.6 Å². The summed E-state index contributed by atoms with van der Waals surface area (Å²) in [5, 5.41) is 15.0. The number of aromatic nitrogens is 4. The molecule has 0 radical (unpaired) electrons. The summed E-state index contributed by atoms with van der Waals surface area (Å²) < 4.78 is 12.6. The van der Waals surface area contributed by atoms with Gasteiger partial charge in [0, 0.05) is 29.1 Å². The maximum absolute atomic E-state index is 13.3. The molecule has 0 aliphatic carbocycles. The topological polar surface area (TPSA) is 112 Å². The van der Waals surface area contributed by atoms with Crippen LogP contribution >= 0.6 is 0 Å². The highest BCUT2D eigenvalue weighted by atomic mass is 16.5. The molecule has 0 aliphatic rings. The Bertz CT molecular complexity index is 1520. The smallest absolute Gasteiger partial charge is 0.255 e. The molecule has 2 heterocycles. The maximum atomic E-state index is 13.3. The van der Waals surface area contributed by atoms with Crippen molar-refractivity contribution >= 4 is 28.3 Å². The summed E-state index contributed by atoms with van der Waals surface area (Å²) >= 11 is 0. The minimum Gasteiger partial charge on any atom is -0.497 e. The molecule has 168 valence electrons. The van der Waals surface area contributed by atoms with Gasteiger partial charge in [0.1, 0.15) is 11.3 Å². The van der Waals surface area contributed by atoms with Crippen LogP contribution in [0.15, 0.2) is 77.2 Å². The number of para-hydroxylation sites is 1. The molecule has 5 rings (SSSR count). The molecule has 0 unspecified atom stereocenters. The number of carbonyl (C=O) groups is 2. The number of fused-ring (bicyclic) bond motifs is 1. The van der Waals surface area contributed by atoms with Crippen LogP contribution in [0.5, 0.6) is 5.75 Å². The Balaban J connectivity index is 1.52. The van der Waals surface area contributed by atoms with E-state index in [1.165, 1.54) is 4.68 Å². The minimum absolute atomic E-state index is 0.0494. The highest BCUT2D eigenvalue weighted by Gasteiger charge is 2.24. The zero-order chi connectivity index (χ0) is 23.7. The van der Waals surface area contributed by atoms with Crippen molar-refractivity contribution in [2.75, 3.05) is 12.4 Å². The number of ether oxygens (including phenoxy) is 1. The number of hydrogen-bond acceptors (Lipinski definition) is 7. The Morgan fingerprint density at radius 3 is 2.50 bits per heavy atom. The van der Waals surface area contributed by atoms with Crippen LogP contribution in [0, 0.1) is 0 Å². The number of benzene rings is 3. The van der Waals surface area contributed by atoms with Crippen LogP contribution in [-0.4, -0.2) is 39.0 Å². The van der Waals surface area contributed by atoms with E-state index in [0.29, 0.717) is 44.9 Å². The van der Waals surface area contributed by atoms with Gasteiger partial charge in [0.25, 0.3) is 5.91 Å². The van der Waals surface area contributed by atoms with Crippen LogP contribution in [0.1, 0.15) is 26.5 Å². The highest BCUT2D eigenvalue weighted by Crippen LogP contribution is 2.33. The first-order valence-corrected chi connectivity index (χ1v) is 10.4. The van der Waals surface area contributed by atoms with Gasteiger partial charge in [-0.2, -0.15) is 0 Å². The second kappa shape index (κ2) is 8.62. The van der Waals surface area contributed by atoms with Gasteiger partial charge in [0.2, 0.25) is 5.78 Å². The number of nitrogens with one attached hydrogen (secondary N) is 1. The third kappa shape index (κ3) is 3.79. The second-order valence-electron chi connectivity index (χ2n) is 7.52. The monoisotopic (exact) mass is 453 g/mol. The summed E-state index contributed by atoms with van der Waals surface area (Å²) in [7, 11) is 3.27. The van der Waals surface area contributed by atoms with Crippen LogP contribution in [0.3, 0.4) is 0 Å². The van der Waals surface area contributed by atoms with Gasteiger partial charge in [-0.1, -0.05) is 24.3 Å². The molecule has 1 amide bonds. The Morgan fingerprint density at radius 1 is 0.971 bits per heavy atom. The normalized spacial score (nSPS) is 10.9. The predicted octanol–water partition coefficient (Wildman–Crippen LogP) is 4.12. The van der Waals surface area contributed by atoms with E-state index in [9.17, 15) is 9.59 Å². The fourth-order valence-electron chi connectivity index (χ4n) is 3.66. The zero-order valence-electron chi connectivity index (χ0n) is 18.4. The van der Waals surface area contributed by atoms with Gasteiger partial charge in [0.05, 0.1) is 12.8 Å². The Hall–Kier alpha value is -4.79. The predicted molar refractivity (Wildman–Crippen MR) is 125 cm³/mol. The molecule has 0 spiro atoms. The van der Waals surface area contributed by atoms with Crippen molar-refractivity contribution in [3.05, 3.63) is 89.7 Å². The van der Waals surface area contributed by atoms with Crippen molar-refractivity contribution in [1.29, 1.82) is 0 Å². The first-order chi connectivity index (χ1) is 16.5. The van der Waals surface area contributed by atoms with E-state index in [1.54, 1.807) is 74.8 Å². The molecular weight excluding hydrogens is 434 g/mol. The lowest BCUT2D eigenvalue weighted by Crippen LogP contribution is -2.14. The fourth-order valence-corrected chi connectivity index (χ4v) is 3.66. The average molecular weight is 453 g/mol. The molecule has 0 fully saturated rings. The number of nitrogens with zero attached hydrogens (tertiary/aromatic N) is 4. The van der Waals surface area contributed by atoms with Crippen molar-refractivity contribution < 1.29 is 18.7 Å². The van der Waals surface area contributed by atoms with Crippen molar-refractivity contribution in [2.24, 2.45) is 7.05 Å². The third-order valence-electron chi connectivity index (χ3n) is 5.40. The van der Waals surface area contributed by atoms with Gasteiger partial charge in [-0.05, 0) is 59.0 Å². The van der Waals surface area contributed by atoms with E-state index in [4.69, 9.17) is 9.15 Å². The largest absolute Gasteiger partial charge is 0.497 e. The summed E-state index contributed by atoms with van der Waals surface area (Å²) in [5.74, 6) is 0.459. The molecule has 0 bridgehead atoms. The molecule has 1 N–H and O–H groups in total. The van der Waals surface area contributed by atoms with Gasteiger partial charge in [-0.25, -0.2) is 4.68 Å². The van der Waals surface area contributed by atoms with E-state index in [-0.39, 0.29) is 11.5 Å². The summed E-state index contributed by atoms with van der Waals surface area (Å²) in [6.07, 6.45) is 0. The SMILES string of the molecule is COc1ccc(C(=O)c2oc3ccccc3c2NC(=O)c2cccc(-c3nnnn3C)c2)cc1. The van der Waals surface area contributed by atoms with Crippen LogP contribution in [-0.2, 0) is 7.05 Å². The molecule has 2 aromatic heterocycles. The molecule has 0 saturated heterocycles. The van der Waals surface area contributed by atoms with Gasteiger partial charge in [-0.15, -0.1) is 5.10 Å². The number of amides is 1. The number of methoxy groups -OCH3 is 1. The van der Waals surface area contributed by atoms with Crippen molar-refractivity contribution in [1.82, 2.24) is 20.2 Å². The molecule has 9 heteroatoms. The van der Waals surface area contributed by atoms with Crippen molar-refractivity contribution in [3.8, 4) is 17.1 Å². The number of rotatable bonds is 6. The molecule has 9 nitrogen and oxygen atoms in total. The molecule has 0 saturated carbocycles. The van der Waals surface area contributed by atoms with Crippen LogP contribution in [0.2, 0.25) is 0 Å². The molecule has 3 aromatic carbocycles. The van der Waals surface area contributed by atoms with E-state index >= 15 is 0 Å². The summed E-state index contributed by atoms with van der Waals surface area (Å²) in [5.41, 5.74) is 2.29. The Morgan fingerprint density at radius 2 is 1.76 bits per heavy atom. The summed E-state index contributed by atoms with van der Waals surface area (Å²) in [6, 6.07) is 20.8. The number of hydrogen-bond donors (Lipinski definition) is 1. The van der Waals surface area contributed by atoms with E-state index in [2.05, 4.69) is 20.8 Å². The number of anilines is 1. The summed E-state index contributed by atoms with van der Waals surface area (Å²) in [6.45, 7) is 0. The van der Waals surface area contributed by atoms with Crippen molar-refractivity contribution in [3.63, 3.8) is 0 Å². The average Bonchev–Trinajstić information content (AvgIpc) is 3.47. The highest BCUT2D eigenvalue weighted by molar-refractivity contribution is 6.19. The molecule has 5 aromatic rings. The van der Waals surface area contributed by atoms with Crippen molar-refractivity contribution in [2.45, 2.75) is 0 Å². The van der Waals surface area contributed by atoms with Crippen LogP contribution in [0.25, 0.3) is 22.4 Å². The summed E-state index contributed by atoms with van der Waals surface area (Å²) in [4.78, 5) is 26.5. The number of furan rings is 1. The lowest BCUT2D eigenvalue weighted by atomic mass is 10.1. The van der Waals surface area contributed by atoms with Crippen LogP contribution < -0.4 is 10.1 Å². The van der Waals surface area contributed by atoms with Crippen LogP contribution in [0.4, 0.5) is 5.69 Å². The van der Waals surface area contributed by atoms with Gasteiger partial charge >= 0.3 is 0 Å². The lowest BCUT2D eigenvalue weighted by molar-refractivity contribution is 0.101. The lowest BCUT2D eigenvalue weighted by Gasteiger charge is -2.08. The first-order valence-electron chi connectivity index (χ1n) is 10.4. The molecular formula is C25H19N5O4. The van der Waals surface area contributed by atoms with Gasteiger partial charge < -0.3 is 14.5 Å². The first kappa shape index (κ1) is 21.1. The van der Waals surface area contributed by atoms with Gasteiger partial charge in [-0.3, -0.25) is 9.59 Å². The Kier molecular flexibility index (Phi) is 5.35. The number of tetrazole rings is 1. The zero-order valence-corrected chi connectivity index (χ0v) is 18.4. The quantitative estimate of drug-likeness (QED) is 0.385.